The van der Waals surface area contributed by atoms with Gasteiger partial charge in [0.15, 0.2) is 11.5 Å². The molecular formula is C33H37N5O6. The highest BCUT2D eigenvalue weighted by atomic mass is 16.7. The molecule has 230 valence electrons. The average molecular weight is 600 g/mol. The van der Waals surface area contributed by atoms with Gasteiger partial charge in [-0.1, -0.05) is 6.92 Å². The number of hydrogen-bond donors (Lipinski definition) is 3. The van der Waals surface area contributed by atoms with Crippen molar-refractivity contribution < 1.29 is 24.1 Å². The Hall–Kier alpha value is -4.35. The lowest BCUT2D eigenvalue weighted by Crippen LogP contribution is -2.43. The molecule has 1 fully saturated rings. The number of nitrogens with zero attached hydrogens (tertiary/aromatic N) is 3. The number of aliphatic hydroxyl groups is 1. The van der Waals surface area contributed by atoms with Crippen molar-refractivity contribution >= 4 is 16.9 Å². The van der Waals surface area contributed by atoms with Gasteiger partial charge >= 0.3 is 0 Å². The number of H-pyrrole nitrogens is 2. The Kier molecular flexibility index (Phi) is 7.51. The number of amides is 1. The molecule has 1 atom stereocenters. The van der Waals surface area contributed by atoms with Crippen molar-refractivity contribution in [1.82, 2.24) is 24.8 Å². The number of pyridine rings is 1. The zero-order valence-electron chi connectivity index (χ0n) is 25.0. The first-order valence-electron chi connectivity index (χ1n) is 15.3. The number of likely N-dealkylation sites (tertiary alicyclic amines) is 1. The van der Waals surface area contributed by atoms with E-state index >= 15 is 0 Å². The number of carbonyl (C=O) groups excluding carboxylic acids is 1. The van der Waals surface area contributed by atoms with E-state index in [1.165, 1.54) is 0 Å². The van der Waals surface area contributed by atoms with Gasteiger partial charge in [0.25, 0.3) is 11.5 Å². The van der Waals surface area contributed by atoms with Gasteiger partial charge < -0.3 is 39.1 Å². The molecule has 0 radical (unpaired) electrons. The molecule has 1 saturated heterocycles. The molecule has 4 aromatic rings. The Labute approximate surface area is 254 Å². The quantitative estimate of drug-likeness (QED) is 0.266. The van der Waals surface area contributed by atoms with Gasteiger partial charge in [-0.2, -0.15) is 0 Å². The predicted octanol–water partition coefficient (Wildman–Crippen LogP) is 3.63. The highest BCUT2D eigenvalue weighted by Gasteiger charge is 2.34. The number of imidazole rings is 1. The first-order chi connectivity index (χ1) is 21.4. The number of aryl methyl sites for hydroxylation is 2. The number of ether oxygens (including phenoxy) is 3. The van der Waals surface area contributed by atoms with Crippen molar-refractivity contribution in [2.75, 3.05) is 33.5 Å². The van der Waals surface area contributed by atoms with Gasteiger partial charge in [-0.3, -0.25) is 9.59 Å². The Morgan fingerprint density at radius 2 is 1.91 bits per heavy atom. The molecule has 0 spiro atoms. The van der Waals surface area contributed by atoms with Crippen LogP contribution in [-0.4, -0.2) is 81.4 Å². The summed E-state index contributed by atoms with van der Waals surface area (Å²) in [5, 5.41) is 10.8. The summed E-state index contributed by atoms with van der Waals surface area (Å²) >= 11 is 0. The first-order valence-corrected chi connectivity index (χ1v) is 15.3. The number of carbonyl (C=O) groups is 1. The van der Waals surface area contributed by atoms with E-state index in [1.807, 2.05) is 36.1 Å². The van der Waals surface area contributed by atoms with E-state index in [1.54, 1.807) is 12.3 Å². The normalized spacial score (nSPS) is 17.4. The molecule has 11 nitrogen and oxygen atoms in total. The molecule has 3 aliphatic heterocycles. The van der Waals surface area contributed by atoms with Gasteiger partial charge in [-0.15, -0.1) is 0 Å². The topological polar surface area (TPSA) is 133 Å². The maximum Gasteiger partial charge on any atom is 0.259 e. The minimum absolute atomic E-state index is 0.0577. The maximum atomic E-state index is 13.4. The van der Waals surface area contributed by atoms with E-state index in [0.29, 0.717) is 59.1 Å². The minimum Gasteiger partial charge on any atom is -0.490 e. The van der Waals surface area contributed by atoms with Gasteiger partial charge in [-0.25, -0.2) is 4.98 Å². The van der Waals surface area contributed by atoms with Crippen molar-refractivity contribution in [1.29, 1.82) is 0 Å². The summed E-state index contributed by atoms with van der Waals surface area (Å²) in [4.78, 5) is 41.5. The fourth-order valence-electron chi connectivity index (χ4n) is 6.52. The molecule has 7 rings (SSSR count). The predicted molar refractivity (Wildman–Crippen MR) is 164 cm³/mol. The Balaban J connectivity index is 1.06. The van der Waals surface area contributed by atoms with E-state index in [2.05, 4.69) is 21.9 Å². The minimum atomic E-state index is -0.755. The fraction of sp³-hybridized carbons (Fsp3) is 0.424. The maximum absolute atomic E-state index is 13.4. The van der Waals surface area contributed by atoms with Crippen LogP contribution < -0.4 is 19.8 Å². The van der Waals surface area contributed by atoms with Crippen LogP contribution >= 0.6 is 0 Å². The highest BCUT2D eigenvalue weighted by molar-refractivity contribution is 6.02. The molecule has 0 saturated carbocycles. The molecule has 5 heterocycles. The van der Waals surface area contributed by atoms with Gasteiger partial charge in [0.1, 0.15) is 18.2 Å². The smallest absolute Gasteiger partial charge is 0.259 e. The van der Waals surface area contributed by atoms with Crippen LogP contribution in [0.1, 0.15) is 53.2 Å². The van der Waals surface area contributed by atoms with E-state index in [9.17, 15) is 14.7 Å². The number of benzene rings is 2. The number of piperidine rings is 1. The summed E-state index contributed by atoms with van der Waals surface area (Å²) in [5.41, 5.74) is 5.01. The Morgan fingerprint density at radius 3 is 2.70 bits per heavy atom. The summed E-state index contributed by atoms with van der Waals surface area (Å²) in [7, 11) is 2.12. The molecule has 3 N–H and O–H groups in total. The lowest BCUT2D eigenvalue weighted by molar-refractivity contribution is 0.0617. The van der Waals surface area contributed by atoms with Crippen LogP contribution in [0.4, 0.5) is 0 Å². The number of aliphatic hydroxyl groups excluding tert-OH is 1. The molecule has 2 aromatic carbocycles. The molecule has 0 unspecified atom stereocenters. The number of fused-ring (bicyclic) bond motifs is 3. The van der Waals surface area contributed by atoms with Crippen LogP contribution in [0.3, 0.4) is 0 Å². The molecule has 0 aliphatic carbocycles. The van der Waals surface area contributed by atoms with Crippen molar-refractivity contribution in [3.8, 4) is 28.6 Å². The van der Waals surface area contributed by atoms with Crippen LogP contribution in [-0.2, 0) is 19.4 Å². The fourth-order valence-corrected chi connectivity index (χ4v) is 6.52. The third kappa shape index (κ3) is 5.30. The van der Waals surface area contributed by atoms with Crippen LogP contribution in [0, 0.1) is 0 Å². The van der Waals surface area contributed by atoms with Crippen LogP contribution in [0.25, 0.3) is 22.4 Å². The van der Waals surface area contributed by atoms with E-state index in [-0.39, 0.29) is 30.9 Å². The summed E-state index contributed by atoms with van der Waals surface area (Å²) in [6, 6.07) is 9.65. The second-order valence-electron chi connectivity index (χ2n) is 12.0. The number of nitrogens with one attached hydrogen (secondary N) is 2. The van der Waals surface area contributed by atoms with Crippen molar-refractivity contribution in [2.24, 2.45) is 0 Å². The second-order valence-corrected chi connectivity index (χ2v) is 12.0. The SMILES string of the molecule is CCc1cc2c(cc1OC[C@H](O)CCc1cc[nH]c(=O)c1-c1nc3cc4c(cc3[nH]1)CN(C1CCN(C)CC1)C4=O)OCO2. The van der Waals surface area contributed by atoms with Gasteiger partial charge in [0.2, 0.25) is 6.79 Å². The average Bonchev–Trinajstić information content (AvgIpc) is 3.74. The third-order valence-electron chi connectivity index (χ3n) is 9.07. The van der Waals surface area contributed by atoms with Gasteiger partial charge in [0.05, 0.1) is 22.7 Å². The number of hydrogen-bond acceptors (Lipinski definition) is 8. The lowest BCUT2D eigenvalue weighted by Gasteiger charge is -2.34. The summed E-state index contributed by atoms with van der Waals surface area (Å²) in [6.45, 7) is 4.90. The largest absolute Gasteiger partial charge is 0.490 e. The van der Waals surface area contributed by atoms with Gasteiger partial charge in [0, 0.05) is 30.4 Å². The summed E-state index contributed by atoms with van der Waals surface area (Å²) < 4.78 is 16.9. The van der Waals surface area contributed by atoms with E-state index in [4.69, 9.17) is 19.2 Å². The van der Waals surface area contributed by atoms with E-state index < -0.39 is 6.10 Å². The van der Waals surface area contributed by atoms with Gasteiger partial charge in [-0.05, 0) is 93.2 Å². The molecule has 11 heteroatoms. The lowest BCUT2D eigenvalue weighted by atomic mass is 10.0. The Bertz CT molecular complexity index is 1770. The molecule has 1 amide bonds. The second kappa shape index (κ2) is 11.6. The van der Waals surface area contributed by atoms with E-state index in [0.717, 1.165) is 54.6 Å². The first kappa shape index (κ1) is 28.4. The van der Waals surface area contributed by atoms with Crippen molar-refractivity contribution in [3.63, 3.8) is 0 Å². The molecule has 44 heavy (non-hydrogen) atoms. The van der Waals surface area contributed by atoms with Crippen LogP contribution in [0.15, 0.2) is 41.3 Å². The molecular weight excluding hydrogens is 562 g/mol. The molecule has 2 aromatic heterocycles. The third-order valence-corrected chi connectivity index (χ3v) is 9.07. The zero-order valence-corrected chi connectivity index (χ0v) is 25.0. The zero-order chi connectivity index (χ0) is 30.4. The van der Waals surface area contributed by atoms with Crippen molar-refractivity contribution in [2.45, 2.75) is 57.7 Å². The standard InChI is InChI=1S/C33H37N5O6/c1-3-19-13-28-29(44-18-43-28)15-27(19)42-17-23(39)5-4-20-6-9-34-32(40)30(20)31-35-25-12-21-16-38(22-7-10-37(2)11-8-22)33(41)24(21)14-26(25)36-31/h6,9,12-15,22-23,39H,3-5,7-8,10-11,16-18H2,1-2H3,(H,34,40)(H,35,36)/t23-/m1/s1. The number of aromatic amines is 2. The Morgan fingerprint density at radius 1 is 1.11 bits per heavy atom. The molecule has 0 bridgehead atoms. The van der Waals surface area contributed by atoms with Crippen LogP contribution in [0.2, 0.25) is 0 Å². The number of aromatic nitrogens is 3. The molecule has 3 aliphatic rings. The highest BCUT2D eigenvalue weighted by Crippen LogP contribution is 2.38. The number of rotatable bonds is 9. The monoisotopic (exact) mass is 599 g/mol. The van der Waals surface area contributed by atoms with Crippen LogP contribution in [0.5, 0.6) is 17.2 Å². The summed E-state index contributed by atoms with van der Waals surface area (Å²) in [6.07, 6.45) is 4.40. The van der Waals surface area contributed by atoms with Crippen molar-refractivity contribution in [3.05, 3.63) is 69.1 Å². The summed E-state index contributed by atoms with van der Waals surface area (Å²) in [5.74, 6) is 2.50.